The van der Waals surface area contributed by atoms with E-state index in [4.69, 9.17) is 0 Å². The molecule has 23 heavy (non-hydrogen) atoms. The number of halogens is 3. The van der Waals surface area contributed by atoms with Crippen LogP contribution in [0.2, 0.25) is 0 Å². The van der Waals surface area contributed by atoms with Gasteiger partial charge in [-0.15, -0.1) is 0 Å². The van der Waals surface area contributed by atoms with Gasteiger partial charge in [0.1, 0.15) is 6.54 Å². The third-order valence-corrected chi connectivity index (χ3v) is 4.69. The Bertz CT molecular complexity index is 653. The second-order valence-corrected chi connectivity index (χ2v) is 6.87. The summed E-state index contributed by atoms with van der Waals surface area (Å²) in [6, 6.07) is 4.64. The van der Waals surface area contributed by atoms with Gasteiger partial charge in [-0.25, -0.2) is 13.1 Å². The molecule has 0 radical (unpaired) electrons. The first-order valence-electron chi connectivity index (χ1n) is 6.88. The van der Waals surface area contributed by atoms with Gasteiger partial charge in [0.15, 0.2) is 0 Å². The van der Waals surface area contributed by atoms with Crippen LogP contribution in [0.5, 0.6) is 0 Å². The highest BCUT2D eigenvalue weighted by Crippen LogP contribution is 2.17. The van der Waals surface area contributed by atoms with Crippen LogP contribution in [-0.2, 0) is 14.8 Å². The van der Waals surface area contributed by atoms with E-state index in [2.05, 4.69) is 10.6 Å². The van der Waals surface area contributed by atoms with Crippen LogP contribution in [0.1, 0.15) is 12.8 Å². The van der Waals surface area contributed by atoms with Gasteiger partial charge in [-0.05, 0) is 43.7 Å². The van der Waals surface area contributed by atoms with Crippen molar-refractivity contribution in [1.29, 1.82) is 0 Å². The molecule has 1 aliphatic rings. The van der Waals surface area contributed by atoms with Crippen molar-refractivity contribution in [3.8, 4) is 0 Å². The van der Waals surface area contributed by atoms with Crippen molar-refractivity contribution in [1.82, 2.24) is 10.0 Å². The molecular weight excluding hydrogens is 335 g/mol. The smallest absolute Gasteiger partial charge is 0.325 e. The lowest BCUT2D eigenvalue weighted by Gasteiger charge is -2.12. The Hall–Kier alpha value is -1.65. The van der Waals surface area contributed by atoms with Gasteiger partial charge >= 0.3 is 6.18 Å². The number of anilines is 1. The van der Waals surface area contributed by atoms with Crippen LogP contribution in [0.3, 0.4) is 0 Å². The van der Waals surface area contributed by atoms with Crippen LogP contribution < -0.4 is 15.4 Å². The lowest BCUT2D eigenvalue weighted by atomic mass is 10.2. The Balaban J connectivity index is 1.99. The third kappa shape index (κ3) is 5.19. The molecule has 0 bridgehead atoms. The van der Waals surface area contributed by atoms with Crippen molar-refractivity contribution in [3.63, 3.8) is 0 Å². The number of amides is 1. The van der Waals surface area contributed by atoms with Gasteiger partial charge in [-0.1, -0.05) is 0 Å². The summed E-state index contributed by atoms with van der Waals surface area (Å²) in [4.78, 5) is 11.6. The van der Waals surface area contributed by atoms with Crippen LogP contribution in [0.4, 0.5) is 18.9 Å². The molecule has 1 aromatic carbocycles. The number of sulfonamides is 1. The molecule has 10 heteroatoms. The van der Waals surface area contributed by atoms with Crippen molar-refractivity contribution in [2.75, 3.05) is 18.4 Å². The topological polar surface area (TPSA) is 87.3 Å². The van der Waals surface area contributed by atoms with Crippen LogP contribution in [-0.4, -0.2) is 39.6 Å². The van der Waals surface area contributed by atoms with Gasteiger partial charge in [0.2, 0.25) is 15.9 Å². The third-order valence-electron chi connectivity index (χ3n) is 3.27. The number of hydrogen-bond donors (Lipinski definition) is 3. The molecular formula is C13H16F3N3O3S. The zero-order valence-electron chi connectivity index (χ0n) is 12.0. The summed E-state index contributed by atoms with van der Waals surface area (Å²) in [7, 11) is -4.25. The zero-order valence-corrected chi connectivity index (χ0v) is 12.8. The summed E-state index contributed by atoms with van der Waals surface area (Å²) in [5.41, 5.74) is 0.374. The number of rotatable bonds is 5. The maximum atomic E-state index is 12.1. The fourth-order valence-electron chi connectivity index (χ4n) is 2.12. The highest BCUT2D eigenvalue weighted by atomic mass is 32.2. The summed E-state index contributed by atoms with van der Waals surface area (Å²) in [5.74, 6) is -0.228. The minimum Gasteiger partial charge on any atom is -0.325 e. The first kappa shape index (κ1) is 17.7. The number of nitrogens with one attached hydrogen (secondary N) is 3. The lowest BCUT2D eigenvalue weighted by molar-refractivity contribution is -0.121. The summed E-state index contributed by atoms with van der Waals surface area (Å²) in [6.07, 6.45) is -3.00. The molecule has 0 aromatic heterocycles. The number of alkyl halides is 3. The summed E-state index contributed by atoms with van der Waals surface area (Å²) in [6.45, 7) is -0.874. The van der Waals surface area contributed by atoms with Crippen LogP contribution in [0.25, 0.3) is 0 Å². The lowest BCUT2D eigenvalue weighted by Crippen LogP contribution is -2.35. The Morgan fingerprint density at radius 2 is 1.91 bits per heavy atom. The van der Waals surface area contributed by atoms with Crippen molar-refractivity contribution < 1.29 is 26.4 Å². The number of benzene rings is 1. The van der Waals surface area contributed by atoms with Gasteiger partial charge in [-0.2, -0.15) is 13.2 Å². The molecule has 1 fully saturated rings. The van der Waals surface area contributed by atoms with Gasteiger partial charge < -0.3 is 10.6 Å². The molecule has 1 heterocycles. The molecule has 0 aliphatic carbocycles. The Kier molecular flexibility index (Phi) is 5.27. The van der Waals surface area contributed by atoms with Gasteiger partial charge in [0, 0.05) is 5.69 Å². The van der Waals surface area contributed by atoms with E-state index in [-0.39, 0.29) is 16.8 Å². The van der Waals surface area contributed by atoms with E-state index in [9.17, 15) is 26.4 Å². The standard InChI is InChI=1S/C13H16F3N3O3S/c14-13(15,16)8-18-23(21,22)10-5-3-9(4-6-10)19-12(20)11-2-1-7-17-11/h3-6,11,17-18H,1-2,7-8H2,(H,19,20). The van der Waals surface area contributed by atoms with E-state index in [0.29, 0.717) is 5.69 Å². The molecule has 2 rings (SSSR count). The predicted octanol–water partition coefficient (Wildman–Crippen LogP) is 1.22. The molecule has 1 amide bonds. The molecule has 0 spiro atoms. The quantitative estimate of drug-likeness (QED) is 0.744. The van der Waals surface area contributed by atoms with E-state index in [1.807, 2.05) is 0 Å². The largest absolute Gasteiger partial charge is 0.402 e. The second kappa shape index (κ2) is 6.85. The number of hydrogen-bond acceptors (Lipinski definition) is 4. The Labute approximate surface area is 131 Å². The maximum absolute atomic E-state index is 12.1. The average molecular weight is 351 g/mol. The maximum Gasteiger partial charge on any atom is 0.402 e. The number of carbonyl (C=O) groups is 1. The molecule has 1 aromatic rings. The van der Waals surface area contributed by atoms with Gasteiger partial charge in [0.25, 0.3) is 0 Å². The van der Waals surface area contributed by atoms with E-state index in [0.717, 1.165) is 31.5 Å². The minimum absolute atomic E-state index is 0.228. The highest BCUT2D eigenvalue weighted by molar-refractivity contribution is 7.89. The fourth-order valence-corrected chi connectivity index (χ4v) is 3.13. The summed E-state index contributed by atoms with van der Waals surface area (Å²) >= 11 is 0. The first-order chi connectivity index (χ1) is 10.7. The highest BCUT2D eigenvalue weighted by Gasteiger charge is 2.30. The second-order valence-electron chi connectivity index (χ2n) is 5.10. The molecule has 1 unspecified atom stereocenters. The van der Waals surface area contributed by atoms with Gasteiger partial charge in [-0.3, -0.25) is 4.79 Å². The average Bonchev–Trinajstić information content (AvgIpc) is 2.99. The minimum atomic E-state index is -4.63. The van der Waals surface area contributed by atoms with Crippen LogP contribution >= 0.6 is 0 Å². The number of carbonyl (C=O) groups excluding carboxylic acids is 1. The molecule has 1 atom stereocenters. The van der Waals surface area contributed by atoms with E-state index in [1.54, 1.807) is 0 Å². The van der Waals surface area contributed by atoms with Crippen molar-refractivity contribution >= 4 is 21.6 Å². The molecule has 6 nitrogen and oxygen atoms in total. The van der Waals surface area contributed by atoms with Crippen LogP contribution in [0.15, 0.2) is 29.2 Å². The summed E-state index contributed by atoms with van der Waals surface area (Å²) in [5, 5.41) is 5.64. The first-order valence-corrected chi connectivity index (χ1v) is 8.36. The Morgan fingerprint density at radius 1 is 1.26 bits per heavy atom. The van der Waals surface area contributed by atoms with Gasteiger partial charge in [0.05, 0.1) is 10.9 Å². The van der Waals surface area contributed by atoms with E-state index < -0.39 is 22.7 Å². The molecule has 3 N–H and O–H groups in total. The summed E-state index contributed by atoms with van der Waals surface area (Å²) < 4.78 is 61.1. The Morgan fingerprint density at radius 3 is 2.43 bits per heavy atom. The van der Waals surface area contributed by atoms with Crippen LogP contribution in [0, 0.1) is 0 Å². The molecule has 1 saturated heterocycles. The molecule has 1 aliphatic heterocycles. The predicted molar refractivity (Wildman–Crippen MR) is 77.3 cm³/mol. The van der Waals surface area contributed by atoms with Crippen molar-refractivity contribution in [3.05, 3.63) is 24.3 Å². The van der Waals surface area contributed by atoms with E-state index in [1.165, 1.54) is 16.9 Å². The molecule has 0 saturated carbocycles. The fraction of sp³-hybridized carbons (Fsp3) is 0.462. The SMILES string of the molecule is O=C(Nc1ccc(S(=O)(=O)NCC(F)(F)F)cc1)C1CCCN1. The van der Waals surface area contributed by atoms with Crippen molar-refractivity contribution in [2.24, 2.45) is 0 Å². The molecule has 128 valence electrons. The monoisotopic (exact) mass is 351 g/mol. The van der Waals surface area contributed by atoms with Crippen molar-refractivity contribution in [2.45, 2.75) is 30.0 Å². The zero-order chi connectivity index (χ0) is 17.1. The normalized spacial score (nSPS) is 18.8. The van der Waals surface area contributed by atoms with E-state index >= 15 is 0 Å².